The molecule has 0 aromatic carbocycles. The van der Waals surface area contributed by atoms with Gasteiger partial charge in [0.2, 0.25) is 0 Å². The van der Waals surface area contributed by atoms with Gasteiger partial charge in [-0.1, -0.05) is 5.57 Å². The fraction of sp³-hybridized carbons (Fsp3) is 0.667. The number of ether oxygens (including phenoxy) is 2. The predicted octanol–water partition coefficient (Wildman–Crippen LogP) is 2.23. The third-order valence-corrected chi connectivity index (χ3v) is 1.72. The van der Waals surface area contributed by atoms with Crippen LogP contribution in [0.1, 0.15) is 40.5 Å². The van der Waals surface area contributed by atoms with Crippen LogP contribution in [0.15, 0.2) is 11.6 Å². The van der Waals surface area contributed by atoms with E-state index >= 15 is 0 Å². The smallest absolute Gasteiger partial charge is 0.331 e. The van der Waals surface area contributed by atoms with Gasteiger partial charge in [0, 0.05) is 12.5 Å². The molecule has 0 fully saturated rings. The summed E-state index contributed by atoms with van der Waals surface area (Å²) in [6.07, 6.45) is 2.20. The summed E-state index contributed by atoms with van der Waals surface area (Å²) in [7, 11) is 1.34. The Morgan fingerprint density at radius 2 is 1.75 bits per heavy atom. The number of carbonyl (C=O) groups excluding carboxylic acids is 2. The van der Waals surface area contributed by atoms with Crippen molar-refractivity contribution in [1.82, 2.24) is 0 Å². The highest BCUT2D eigenvalue weighted by atomic mass is 16.6. The number of esters is 2. The van der Waals surface area contributed by atoms with Gasteiger partial charge in [0.1, 0.15) is 5.60 Å². The minimum absolute atomic E-state index is 0.279. The Morgan fingerprint density at radius 3 is 2.19 bits per heavy atom. The monoisotopic (exact) mass is 228 g/mol. The van der Waals surface area contributed by atoms with Crippen molar-refractivity contribution in [1.29, 1.82) is 0 Å². The van der Waals surface area contributed by atoms with Crippen LogP contribution in [0.4, 0.5) is 0 Å². The van der Waals surface area contributed by atoms with Crippen LogP contribution in [0.2, 0.25) is 0 Å². The summed E-state index contributed by atoms with van der Waals surface area (Å²) in [5.74, 6) is -0.660. The predicted molar refractivity (Wildman–Crippen MR) is 60.9 cm³/mol. The first-order valence-corrected chi connectivity index (χ1v) is 5.21. The average Bonchev–Trinajstić information content (AvgIpc) is 2.10. The number of methoxy groups -OCH3 is 1. The lowest BCUT2D eigenvalue weighted by Gasteiger charge is -2.18. The van der Waals surface area contributed by atoms with E-state index in [9.17, 15) is 9.59 Å². The van der Waals surface area contributed by atoms with Gasteiger partial charge in [-0.05, 0) is 34.1 Å². The number of allylic oxidation sites excluding steroid dienone is 1. The lowest BCUT2D eigenvalue weighted by molar-refractivity contribution is -0.148. The maximum absolute atomic E-state index is 11.4. The summed E-state index contributed by atoms with van der Waals surface area (Å²) < 4.78 is 9.61. The van der Waals surface area contributed by atoms with Crippen molar-refractivity contribution >= 4 is 11.9 Å². The van der Waals surface area contributed by atoms with Gasteiger partial charge in [0.15, 0.2) is 0 Å². The lowest BCUT2D eigenvalue weighted by Crippen LogP contribution is -2.22. The summed E-state index contributed by atoms with van der Waals surface area (Å²) in [5, 5.41) is 0. The molecule has 0 atom stereocenters. The molecule has 16 heavy (non-hydrogen) atoms. The van der Waals surface area contributed by atoms with Gasteiger partial charge < -0.3 is 9.47 Å². The quantitative estimate of drug-likeness (QED) is 0.547. The fourth-order valence-electron chi connectivity index (χ4n) is 1.01. The Labute approximate surface area is 96.6 Å². The summed E-state index contributed by atoms with van der Waals surface area (Å²) in [6, 6.07) is 0. The normalized spacial score (nSPS) is 12.2. The third-order valence-electron chi connectivity index (χ3n) is 1.72. The highest BCUT2D eigenvalue weighted by Gasteiger charge is 2.14. The zero-order chi connectivity index (χ0) is 12.8. The van der Waals surface area contributed by atoms with Gasteiger partial charge in [0.25, 0.3) is 0 Å². The standard InChI is InChI=1S/C12H20O4/c1-9(6-7-10(13)15-5)8-11(14)16-12(2,3)4/h8H,6-7H2,1-5H3/b9-8+. The minimum Gasteiger partial charge on any atom is -0.469 e. The van der Waals surface area contributed by atoms with Crippen molar-refractivity contribution in [3.05, 3.63) is 11.6 Å². The topological polar surface area (TPSA) is 52.6 Å². The van der Waals surface area contributed by atoms with Gasteiger partial charge in [0.05, 0.1) is 7.11 Å². The molecule has 0 radical (unpaired) electrons. The Balaban J connectivity index is 4.12. The molecule has 0 aromatic rings. The molecule has 0 aromatic heterocycles. The molecule has 0 saturated heterocycles. The van der Waals surface area contributed by atoms with Crippen molar-refractivity contribution in [2.24, 2.45) is 0 Å². The number of carbonyl (C=O) groups is 2. The summed E-state index contributed by atoms with van der Waals surface area (Å²) >= 11 is 0. The van der Waals surface area contributed by atoms with Crippen LogP contribution in [0.5, 0.6) is 0 Å². The van der Waals surface area contributed by atoms with E-state index in [1.54, 1.807) is 6.92 Å². The minimum atomic E-state index is -0.490. The molecule has 0 unspecified atom stereocenters. The van der Waals surface area contributed by atoms with Crippen LogP contribution >= 0.6 is 0 Å². The number of hydrogen-bond donors (Lipinski definition) is 0. The molecule has 92 valence electrons. The molecule has 4 heteroatoms. The van der Waals surface area contributed by atoms with Crippen LogP contribution in [0, 0.1) is 0 Å². The van der Waals surface area contributed by atoms with Crippen molar-refractivity contribution in [2.75, 3.05) is 7.11 Å². The number of rotatable bonds is 4. The van der Waals surface area contributed by atoms with E-state index in [-0.39, 0.29) is 18.4 Å². The van der Waals surface area contributed by atoms with Crippen molar-refractivity contribution < 1.29 is 19.1 Å². The van der Waals surface area contributed by atoms with Crippen LogP contribution < -0.4 is 0 Å². The van der Waals surface area contributed by atoms with E-state index in [0.29, 0.717) is 6.42 Å². The second kappa shape index (κ2) is 6.30. The molecule has 0 aliphatic rings. The van der Waals surface area contributed by atoms with Crippen molar-refractivity contribution in [3.63, 3.8) is 0 Å². The van der Waals surface area contributed by atoms with Crippen LogP contribution in [-0.4, -0.2) is 24.6 Å². The molecule has 0 N–H and O–H groups in total. The SMILES string of the molecule is COC(=O)CC/C(C)=C/C(=O)OC(C)(C)C. The van der Waals surface area contributed by atoms with E-state index in [2.05, 4.69) is 4.74 Å². The average molecular weight is 228 g/mol. The molecule has 0 rings (SSSR count). The Hall–Kier alpha value is -1.32. The van der Waals surface area contributed by atoms with E-state index in [1.165, 1.54) is 13.2 Å². The molecule has 0 spiro atoms. The third kappa shape index (κ3) is 8.03. The Bertz CT molecular complexity index is 284. The van der Waals surface area contributed by atoms with Gasteiger partial charge >= 0.3 is 11.9 Å². The van der Waals surface area contributed by atoms with E-state index in [4.69, 9.17) is 4.74 Å². The van der Waals surface area contributed by atoms with Crippen molar-refractivity contribution in [2.45, 2.75) is 46.1 Å². The lowest BCUT2D eigenvalue weighted by atomic mass is 10.1. The first-order chi connectivity index (χ1) is 7.24. The van der Waals surface area contributed by atoms with Crippen LogP contribution in [0.3, 0.4) is 0 Å². The molecular weight excluding hydrogens is 208 g/mol. The maximum Gasteiger partial charge on any atom is 0.331 e. The summed E-state index contributed by atoms with van der Waals surface area (Å²) in [5.41, 5.74) is 0.315. The molecule has 0 amide bonds. The fourth-order valence-corrected chi connectivity index (χ4v) is 1.01. The number of hydrogen-bond acceptors (Lipinski definition) is 4. The second-order valence-corrected chi connectivity index (χ2v) is 4.60. The maximum atomic E-state index is 11.4. The first-order valence-electron chi connectivity index (χ1n) is 5.21. The van der Waals surface area contributed by atoms with Gasteiger partial charge in [-0.3, -0.25) is 4.79 Å². The first kappa shape index (κ1) is 14.7. The van der Waals surface area contributed by atoms with Crippen molar-refractivity contribution in [3.8, 4) is 0 Å². The van der Waals surface area contributed by atoms with E-state index in [1.807, 2.05) is 20.8 Å². The highest BCUT2D eigenvalue weighted by Crippen LogP contribution is 2.10. The summed E-state index contributed by atoms with van der Waals surface area (Å²) in [6.45, 7) is 7.21. The van der Waals surface area contributed by atoms with E-state index in [0.717, 1.165) is 5.57 Å². The Kier molecular flexibility index (Phi) is 5.78. The van der Waals surface area contributed by atoms with Crippen LogP contribution in [-0.2, 0) is 19.1 Å². The molecule has 0 saturated carbocycles. The largest absolute Gasteiger partial charge is 0.469 e. The van der Waals surface area contributed by atoms with Gasteiger partial charge in [-0.2, -0.15) is 0 Å². The Morgan fingerprint density at radius 1 is 1.19 bits per heavy atom. The van der Waals surface area contributed by atoms with Gasteiger partial charge in [-0.25, -0.2) is 4.79 Å². The zero-order valence-electron chi connectivity index (χ0n) is 10.6. The molecule has 4 nitrogen and oxygen atoms in total. The molecule has 0 heterocycles. The molecule has 0 bridgehead atoms. The highest BCUT2D eigenvalue weighted by molar-refractivity contribution is 5.83. The second-order valence-electron chi connectivity index (χ2n) is 4.60. The molecular formula is C12H20O4. The molecule has 0 aliphatic heterocycles. The van der Waals surface area contributed by atoms with Crippen LogP contribution in [0.25, 0.3) is 0 Å². The van der Waals surface area contributed by atoms with Gasteiger partial charge in [-0.15, -0.1) is 0 Å². The summed E-state index contributed by atoms with van der Waals surface area (Å²) in [4.78, 5) is 22.2. The zero-order valence-corrected chi connectivity index (χ0v) is 10.6. The van der Waals surface area contributed by atoms with E-state index < -0.39 is 5.60 Å². The molecule has 0 aliphatic carbocycles.